The van der Waals surface area contributed by atoms with E-state index in [1.165, 1.54) is 7.11 Å². The maximum Gasteiger partial charge on any atom is 0.409 e. The zero-order valence-corrected chi connectivity index (χ0v) is 17.1. The Kier molecular flexibility index (Phi) is 6.04. The van der Waals surface area contributed by atoms with Crippen molar-refractivity contribution in [3.8, 4) is 11.3 Å². The molecule has 1 aromatic carbocycles. The monoisotopic (exact) mass is 406 g/mol. The molecule has 9 heteroatoms. The molecule has 3 rings (SSSR count). The van der Waals surface area contributed by atoms with Crippen LogP contribution in [0, 0.1) is 0 Å². The number of methoxy groups -OCH3 is 1. The van der Waals surface area contributed by atoms with Crippen LogP contribution in [0.15, 0.2) is 36.5 Å². The van der Waals surface area contributed by atoms with Crippen molar-refractivity contribution >= 4 is 16.1 Å². The van der Waals surface area contributed by atoms with Gasteiger partial charge in [0.05, 0.1) is 25.1 Å². The van der Waals surface area contributed by atoms with E-state index < -0.39 is 16.1 Å². The third-order valence-corrected chi connectivity index (χ3v) is 5.77. The van der Waals surface area contributed by atoms with Crippen LogP contribution in [-0.2, 0) is 28.2 Å². The van der Waals surface area contributed by atoms with Crippen molar-refractivity contribution < 1.29 is 17.9 Å². The van der Waals surface area contributed by atoms with Crippen molar-refractivity contribution in [2.45, 2.75) is 31.3 Å². The third kappa shape index (κ3) is 4.71. The fourth-order valence-corrected chi connectivity index (χ4v) is 4.65. The third-order valence-electron chi connectivity index (χ3n) is 5.04. The number of benzene rings is 1. The highest BCUT2D eigenvalue weighted by Crippen LogP contribution is 2.25. The second kappa shape index (κ2) is 8.32. The van der Waals surface area contributed by atoms with Gasteiger partial charge in [-0.25, -0.2) is 17.9 Å². The Morgan fingerprint density at radius 2 is 2.14 bits per heavy atom. The van der Waals surface area contributed by atoms with Crippen molar-refractivity contribution in [1.29, 1.82) is 0 Å². The number of hydrogen-bond donors (Lipinski definition) is 1. The van der Waals surface area contributed by atoms with Gasteiger partial charge in [0, 0.05) is 31.4 Å². The Morgan fingerprint density at radius 1 is 1.36 bits per heavy atom. The number of rotatable bonds is 5. The Morgan fingerprint density at radius 3 is 2.79 bits per heavy atom. The van der Waals surface area contributed by atoms with Crippen LogP contribution in [-0.4, -0.2) is 61.2 Å². The first kappa shape index (κ1) is 20.3. The first-order valence-corrected chi connectivity index (χ1v) is 11.1. The molecule has 2 heterocycles. The Balaban J connectivity index is 1.90. The maximum absolute atomic E-state index is 12.3. The van der Waals surface area contributed by atoms with Crippen LogP contribution in [0.1, 0.15) is 18.4 Å². The zero-order chi connectivity index (χ0) is 20.3. The number of nitrogens with one attached hydrogen (secondary N) is 1. The minimum atomic E-state index is -3.39. The summed E-state index contributed by atoms with van der Waals surface area (Å²) in [5.74, 6) is 0. The molecule has 1 aromatic heterocycles. The van der Waals surface area contributed by atoms with Crippen LogP contribution < -0.4 is 4.72 Å². The molecule has 0 bridgehead atoms. The Hall–Kier alpha value is -2.39. The molecule has 0 saturated carbocycles. The molecule has 152 valence electrons. The van der Waals surface area contributed by atoms with Gasteiger partial charge in [-0.15, -0.1) is 0 Å². The van der Waals surface area contributed by atoms with Gasteiger partial charge in [-0.05, 0) is 37.0 Å². The minimum absolute atomic E-state index is 0.322. The van der Waals surface area contributed by atoms with Gasteiger partial charge >= 0.3 is 6.09 Å². The van der Waals surface area contributed by atoms with E-state index in [1.807, 2.05) is 31.3 Å². The van der Waals surface area contributed by atoms with Gasteiger partial charge in [0.2, 0.25) is 10.0 Å². The van der Waals surface area contributed by atoms with E-state index in [9.17, 15) is 13.2 Å². The predicted octanol–water partition coefficient (Wildman–Crippen LogP) is 1.78. The number of aryl methyl sites for hydroxylation is 1. The van der Waals surface area contributed by atoms with Gasteiger partial charge < -0.3 is 9.64 Å². The van der Waals surface area contributed by atoms with Crippen molar-refractivity contribution in [3.05, 3.63) is 42.1 Å². The molecule has 1 fully saturated rings. The number of carbonyl (C=O) groups is 1. The summed E-state index contributed by atoms with van der Waals surface area (Å²) >= 11 is 0. The van der Waals surface area contributed by atoms with Gasteiger partial charge in [-0.2, -0.15) is 5.10 Å². The molecule has 1 saturated heterocycles. The molecule has 2 aromatic rings. The largest absolute Gasteiger partial charge is 0.453 e. The average Bonchev–Trinajstić information content (AvgIpc) is 3.07. The number of aromatic nitrogens is 2. The Labute approximate surface area is 165 Å². The van der Waals surface area contributed by atoms with E-state index in [1.54, 1.807) is 15.8 Å². The number of amides is 1. The molecule has 0 radical (unpaired) electrons. The van der Waals surface area contributed by atoms with E-state index in [-0.39, 0.29) is 12.1 Å². The lowest BCUT2D eigenvalue weighted by Crippen LogP contribution is -2.57. The van der Waals surface area contributed by atoms with Crippen LogP contribution in [0.25, 0.3) is 11.3 Å². The number of piperidine rings is 1. The van der Waals surface area contributed by atoms with Crippen LogP contribution in [0.2, 0.25) is 0 Å². The highest BCUT2D eigenvalue weighted by Gasteiger charge is 2.36. The molecule has 0 spiro atoms. The van der Waals surface area contributed by atoms with Crippen molar-refractivity contribution in [1.82, 2.24) is 19.4 Å². The fraction of sp³-hybridized carbons (Fsp3) is 0.474. The maximum atomic E-state index is 12.3. The van der Waals surface area contributed by atoms with Crippen LogP contribution in [0.5, 0.6) is 0 Å². The smallest absolute Gasteiger partial charge is 0.409 e. The van der Waals surface area contributed by atoms with E-state index >= 15 is 0 Å². The van der Waals surface area contributed by atoms with E-state index in [0.29, 0.717) is 25.8 Å². The van der Waals surface area contributed by atoms with Crippen molar-refractivity contribution in [2.24, 2.45) is 7.05 Å². The van der Waals surface area contributed by atoms with E-state index in [0.717, 1.165) is 23.1 Å². The van der Waals surface area contributed by atoms with Gasteiger partial charge in [-0.1, -0.05) is 18.2 Å². The number of likely N-dealkylation sites (tertiary alicyclic amines) is 1. The standard InChI is InChI=1S/C19H26N4O4S/c1-22-17(9-10-20-22)15-7-4-6-14(12-15)13-18-16(21-28(3,25)26)8-5-11-23(18)19(24)27-2/h4,6-7,9-10,12,16,18,21H,5,8,11,13H2,1-3H3/t16-,18-/m0/s1. The molecule has 1 aliphatic rings. The molecule has 28 heavy (non-hydrogen) atoms. The van der Waals surface area contributed by atoms with Crippen molar-refractivity contribution in [3.63, 3.8) is 0 Å². The molecule has 1 aliphatic heterocycles. The summed E-state index contributed by atoms with van der Waals surface area (Å²) in [5.41, 5.74) is 3.02. The first-order valence-electron chi connectivity index (χ1n) is 9.17. The molecular weight excluding hydrogens is 380 g/mol. The molecule has 2 atom stereocenters. The minimum Gasteiger partial charge on any atom is -0.453 e. The summed E-state index contributed by atoms with van der Waals surface area (Å²) in [4.78, 5) is 13.9. The number of nitrogens with zero attached hydrogens (tertiary/aromatic N) is 3. The lowest BCUT2D eigenvalue weighted by molar-refractivity contribution is 0.0792. The predicted molar refractivity (Wildman–Crippen MR) is 106 cm³/mol. The topological polar surface area (TPSA) is 93.5 Å². The number of sulfonamides is 1. The highest BCUT2D eigenvalue weighted by atomic mass is 32.2. The van der Waals surface area contributed by atoms with Crippen molar-refractivity contribution in [2.75, 3.05) is 19.9 Å². The molecule has 8 nitrogen and oxygen atoms in total. The van der Waals surface area contributed by atoms with Gasteiger partial charge in [0.25, 0.3) is 0 Å². The molecule has 1 amide bonds. The molecular formula is C19H26N4O4S. The normalized spacial score (nSPS) is 20.2. The zero-order valence-electron chi connectivity index (χ0n) is 16.3. The number of carbonyl (C=O) groups excluding carboxylic acids is 1. The van der Waals surface area contributed by atoms with Gasteiger partial charge in [-0.3, -0.25) is 4.68 Å². The summed E-state index contributed by atoms with van der Waals surface area (Å²) in [6.07, 6.45) is 4.36. The first-order chi connectivity index (χ1) is 13.3. The summed E-state index contributed by atoms with van der Waals surface area (Å²) in [7, 11) is -0.168. The summed E-state index contributed by atoms with van der Waals surface area (Å²) < 4.78 is 33.1. The summed E-state index contributed by atoms with van der Waals surface area (Å²) in [6.45, 7) is 0.542. The molecule has 0 unspecified atom stereocenters. The van der Waals surface area contributed by atoms with E-state index in [4.69, 9.17) is 4.74 Å². The van der Waals surface area contributed by atoms with Gasteiger partial charge in [0.15, 0.2) is 0 Å². The Bertz CT molecular complexity index is 941. The molecule has 0 aliphatic carbocycles. The lowest BCUT2D eigenvalue weighted by Gasteiger charge is -2.40. The summed E-state index contributed by atoms with van der Waals surface area (Å²) in [6, 6.07) is 9.27. The quantitative estimate of drug-likeness (QED) is 0.817. The number of hydrogen-bond acceptors (Lipinski definition) is 5. The van der Waals surface area contributed by atoms with E-state index in [2.05, 4.69) is 15.9 Å². The van der Waals surface area contributed by atoms with Crippen LogP contribution in [0.3, 0.4) is 0 Å². The second-order valence-electron chi connectivity index (χ2n) is 7.11. The number of ether oxygens (including phenoxy) is 1. The lowest BCUT2D eigenvalue weighted by atomic mass is 9.91. The molecule has 1 N–H and O–H groups in total. The van der Waals surface area contributed by atoms with Crippen LogP contribution >= 0.6 is 0 Å². The van der Waals surface area contributed by atoms with Crippen LogP contribution in [0.4, 0.5) is 4.79 Å². The second-order valence-corrected chi connectivity index (χ2v) is 8.89. The fourth-order valence-electron chi connectivity index (χ4n) is 3.82. The van der Waals surface area contributed by atoms with Gasteiger partial charge in [0.1, 0.15) is 0 Å². The highest BCUT2D eigenvalue weighted by molar-refractivity contribution is 7.88. The SMILES string of the molecule is COC(=O)N1CCC[C@H](NS(C)(=O)=O)[C@@H]1Cc1cccc(-c2ccnn2C)c1. The average molecular weight is 407 g/mol. The summed E-state index contributed by atoms with van der Waals surface area (Å²) in [5, 5.41) is 4.21.